The van der Waals surface area contributed by atoms with E-state index >= 15 is 0 Å². The molecular formula is C31H39F2N3O3. The number of piperidine rings is 1. The van der Waals surface area contributed by atoms with Gasteiger partial charge in [0.2, 0.25) is 11.8 Å². The van der Waals surface area contributed by atoms with Gasteiger partial charge in [-0.1, -0.05) is 31.0 Å². The van der Waals surface area contributed by atoms with Crippen LogP contribution in [0.25, 0.3) is 0 Å². The van der Waals surface area contributed by atoms with Crippen molar-refractivity contribution < 1.29 is 23.1 Å². The average Bonchev–Trinajstić information content (AvgIpc) is 3.44. The lowest BCUT2D eigenvalue weighted by Crippen LogP contribution is -2.53. The highest BCUT2D eigenvalue weighted by atomic mass is 19.1. The monoisotopic (exact) mass is 539 g/mol. The molecule has 2 aromatic carbocycles. The first-order valence-electron chi connectivity index (χ1n) is 14.2. The first-order chi connectivity index (χ1) is 18.8. The highest BCUT2D eigenvalue weighted by molar-refractivity contribution is 5.89. The van der Waals surface area contributed by atoms with Crippen molar-refractivity contribution in [2.45, 2.75) is 50.4 Å². The molecule has 0 N–H and O–H groups in total. The summed E-state index contributed by atoms with van der Waals surface area (Å²) in [6.07, 6.45) is 4.71. The summed E-state index contributed by atoms with van der Waals surface area (Å²) in [5.74, 6) is 0.0351. The van der Waals surface area contributed by atoms with Crippen molar-refractivity contribution in [2.75, 3.05) is 52.9 Å². The molecule has 39 heavy (non-hydrogen) atoms. The Hall–Kier alpha value is -3.00. The quantitative estimate of drug-likeness (QED) is 0.515. The van der Waals surface area contributed by atoms with Crippen molar-refractivity contribution in [3.8, 4) is 5.75 Å². The lowest BCUT2D eigenvalue weighted by Gasteiger charge is -2.45. The van der Waals surface area contributed by atoms with Crippen LogP contribution in [0.3, 0.4) is 0 Å². The number of ether oxygens (including phenoxy) is 1. The SMILES string of the molecule is CN1CCN(C(=O)CC2(COc3ccc(F)cc3)CCN(C(=O)C3(c4ccccc4F)CCCC3)CC2)CC1. The van der Waals surface area contributed by atoms with Crippen molar-refractivity contribution in [2.24, 2.45) is 5.41 Å². The van der Waals surface area contributed by atoms with Gasteiger partial charge in [0.05, 0.1) is 12.0 Å². The van der Waals surface area contributed by atoms with E-state index in [4.69, 9.17) is 4.74 Å². The molecule has 0 radical (unpaired) electrons. The minimum atomic E-state index is -0.814. The lowest BCUT2D eigenvalue weighted by molar-refractivity contribution is -0.142. The summed E-state index contributed by atoms with van der Waals surface area (Å²) < 4.78 is 34.4. The van der Waals surface area contributed by atoms with Crippen LogP contribution < -0.4 is 4.74 Å². The normalized spacial score (nSPS) is 21.1. The molecule has 2 aromatic rings. The van der Waals surface area contributed by atoms with Crippen LogP contribution in [-0.4, -0.2) is 79.4 Å². The van der Waals surface area contributed by atoms with Gasteiger partial charge in [0, 0.05) is 56.7 Å². The maximum atomic E-state index is 14.9. The summed E-state index contributed by atoms with van der Waals surface area (Å²) in [5, 5.41) is 0. The molecule has 1 aliphatic carbocycles. The number of nitrogens with zero attached hydrogens (tertiary/aromatic N) is 3. The second-order valence-electron chi connectivity index (χ2n) is 11.7. The molecule has 210 valence electrons. The minimum absolute atomic E-state index is 0.00328. The van der Waals surface area contributed by atoms with Crippen molar-refractivity contribution in [1.29, 1.82) is 0 Å². The standard InChI is InChI=1S/C31H39F2N3O3/c1-34-18-20-35(21-19-34)28(37)22-30(23-39-25-10-8-24(32)9-11-25)14-16-36(17-15-30)29(38)31(12-4-5-13-31)26-6-2-3-7-27(26)33/h2-3,6-11H,4-5,12-23H2,1H3. The molecule has 0 bridgehead atoms. The molecule has 3 fully saturated rings. The summed E-state index contributed by atoms with van der Waals surface area (Å²) >= 11 is 0. The van der Waals surface area contributed by atoms with Gasteiger partial charge in [0.15, 0.2) is 0 Å². The van der Waals surface area contributed by atoms with Gasteiger partial charge in [0.25, 0.3) is 0 Å². The summed E-state index contributed by atoms with van der Waals surface area (Å²) in [7, 11) is 2.06. The Bertz CT molecular complexity index is 1150. The molecule has 0 aromatic heterocycles. The number of rotatable bonds is 7. The van der Waals surface area contributed by atoms with Gasteiger partial charge >= 0.3 is 0 Å². The molecule has 2 amide bonds. The molecule has 8 heteroatoms. The van der Waals surface area contributed by atoms with Gasteiger partial charge in [-0.15, -0.1) is 0 Å². The van der Waals surface area contributed by atoms with Gasteiger partial charge in [-0.3, -0.25) is 9.59 Å². The zero-order valence-corrected chi connectivity index (χ0v) is 22.8. The molecule has 6 nitrogen and oxygen atoms in total. The molecule has 2 heterocycles. The van der Waals surface area contributed by atoms with Crippen LogP contribution in [0.5, 0.6) is 5.75 Å². The maximum Gasteiger partial charge on any atom is 0.233 e. The number of likely N-dealkylation sites (N-methyl/N-ethyl adjacent to an activating group) is 1. The van der Waals surface area contributed by atoms with E-state index in [0.717, 1.165) is 25.9 Å². The number of carbonyl (C=O) groups is 2. The Morgan fingerprint density at radius 3 is 2.10 bits per heavy atom. The number of hydrogen-bond acceptors (Lipinski definition) is 4. The first kappa shape index (κ1) is 27.6. The van der Waals surface area contributed by atoms with E-state index in [1.807, 2.05) is 15.9 Å². The van der Waals surface area contributed by atoms with E-state index in [1.54, 1.807) is 24.3 Å². The summed E-state index contributed by atoms with van der Waals surface area (Å²) in [6.45, 7) is 4.44. The maximum absolute atomic E-state index is 14.9. The van der Waals surface area contributed by atoms with E-state index in [2.05, 4.69) is 11.9 Å². The van der Waals surface area contributed by atoms with Gasteiger partial charge in [-0.2, -0.15) is 0 Å². The summed E-state index contributed by atoms with van der Waals surface area (Å²) in [6, 6.07) is 12.6. The highest BCUT2D eigenvalue weighted by Crippen LogP contribution is 2.45. The van der Waals surface area contributed by atoms with E-state index in [9.17, 15) is 18.4 Å². The minimum Gasteiger partial charge on any atom is -0.493 e. The van der Waals surface area contributed by atoms with E-state index < -0.39 is 10.8 Å². The van der Waals surface area contributed by atoms with Crippen LogP contribution >= 0.6 is 0 Å². The topological polar surface area (TPSA) is 53.1 Å². The smallest absolute Gasteiger partial charge is 0.233 e. The third kappa shape index (κ3) is 5.96. The van der Waals surface area contributed by atoms with E-state index in [1.165, 1.54) is 18.2 Å². The number of amides is 2. The second kappa shape index (κ2) is 11.6. The predicted octanol–water partition coefficient (Wildman–Crippen LogP) is 4.63. The number of carbonyl (C=O) groups excluding carboxylic acids is 2. The van der Waals surface area contributed by atoms with Crippen molar-refractivity contribution in [3.63, 3.8) is 0 Å². The molecule has 0 unspecified atom stereocenters. The molecule has 5 rings (SSSR count). The van der Waals surface area contributed by atoms with Crippen LogP contribution in [0.15, 0.2) is 48.5 Å². The molecule has 0 atom stereocenters. The zero-order valence-electron chi connectivity index (χ0n) is 22.8. The van der Waals surface area contributed by atoms with Gasteiger partial charge in [-0.25, -0.2) is 8.78 Å². The van der Waals surface area contributed by atoms with Crippen LogP contribution in [0.4, 0.5) is 8.78 Å². The third-order valence-electron chi connectivity index (χ3n) is 9.11. The van der Waals surface area contributed by atoms with Crippen molar-refractivity contribution in [3.05, 3.63) is 65.7 Å². The number of piperazine rings is 1. The number of benzene rings is 2. The molecule has 0 spiro atoms. The van der Waals surface area contributed by atoms with Crippen molar-refractivity contribution >= 4 is 11.8 Å². The van der Waals surface area contributed by atoms with Crippen LogP contribution in [0.2, 0.25) is 0 Å². The Morgan fingerprint density at radius 1 is 0.821 bits per heavy atom. The van der Waals surface area contributed by atoms with Gasteiger partial charge in [0.1, 0.15) is 17.4 Å². The van der Waals surface area contributed by atoms with Crippen LogP contribution in [-0.2, 0) is 15.0 Å². The predicted molar refractivity (Wildman–Crippen MR) is 145 cm³/mol. The summed E-state index contributed by atoms with van der Waals surface area (Å²) in [5.41, 5.74) is -0.743. The van der Waals surface area contributed by atoms with Crippen LogP contribution in [0, 0.1) is 17.0 Å². The molecule has 3 aliphatic rings. The molecular weight excluding hydrogens is 500 g/mol. The number of likely N-dealkylation sites (tertiary alicyclic amines) is 1. The number of hydrogen-bond donors (Lipinski definition) is 0. The highest BCUT2D eigenvalue weighted by Gasteiger charge is 2.48. The van der Waals surface area contributed by atoms with E-state index in [-0.39, 0.29) is 23.4 Å². The fraction of sp³-hybridized carbons (Fsp3) is 0.548. The third-order valence-corrected chi connectivity index (χ3v) is 9.11. The Morgan fingerprint density at radius 2 is 1.46 bits per heavy atom. The Balaban J connectivity index is 1.31. The van der Waals surface area contributed by atoms with Crippen LogP contribution in [0.1, 0.15) is 50.5 Å². The summed E-state index contributed by atoms with van der Waals surface area (Å²) in [4.78, 5) is 33.5. The largest absolute Gasteiger partial charge is 0.493 e. The van der Waals surface area contributed by atoms with E-state index in [0.29, 0.717) is 76.2 Å². The molecule has 2 saturated heterocycles. The van der Waals surface area contributed by atoms with Gasteiger partial charge in [-0.05, 0) is 63.1 Å². The fourth-order valence-corrected chi connectivity index (χ4v) is 6.54. The molecule has 2 aliphatic heterocycles. The lowest BCUT2D eigenvalue weighted by atomic mass is 9.73. The Kier molecular flexibility index (Phi) is 8.21. The fourth-order valence-electron chi connectivity index (χ4n) is 6.54. The van der Waals surface area contributed by atoms with Gasteiger partial charge < -0.3 is 19.4 Å². The number of halogens is 2. The molecule has 1 saturated carbocycles. The average molecular weight is 540 g/mol. The Labute approximate surface area is 229 Å². The second-order valence-corrected chi connectivity index (χ2v) is 11.7. The first-order valence-corrected chi connectivity index (χ1v) is 14.2. The van der Waals surface area contributed by atoms with Crippen molar-refractivity contribution in [1.82, 2.24) is 14.7 Å². The zero-order chi connectivity index (χ0) is 27.5.